The molecule has 9 nitrogen and oxygen atoms in total. The van der Waals surface area contributed by atoms with Crippen LogP contribution in [0.15, 0.2) is 47.3 Å². The van der Waals surface area contributed by atoms with Crippen molar-refractivity contribution in [2.75, 3.05) is 13.2 Å². The van der Waals surface area contributed by atoms with Gasteiger partial charge in [-0.25, -0.2) is 9.78 Å². The lowest BCUT2D eigenvalue weighted by Gasteiger charge is -2.28. The topological polar surface area (TPSA) is 131 Å². The van der Waals surface area contributed by atoms with Gasteiger partial charge < -0.3 is 19.9 Å². The lowest BCUT2D eigenvalue weighted by Crippen LogP contribution is -2.46. The van der Waals surface area contributed by atoms with Gasteiger partial charge in [0.2, 0.25) is 5.91 Å². The molecule has 5 rings (SSSR count). The first-order valence-electron chi connectivity index (χ1n) is 12.7. The third-order valence-corrected chi connectivity index (χ3v) is 7.56. The van der Waals surface area contributed by atoms with Gasteiger partial charge in [-0.1, -0.05) is 30.3 Å². The maximum absolute atomic E-state index is 13.7. The molecule has 3 aromatic rings. The summed E-state index contributed by atoms with van der Waals surface area (Å²) in [6.45, 7) is 2.62. The largest absolute Gasteiger partial charge is 0.464 e. The van der Waals surface area contributed by atoms with Crippen LogP contribution in [0.5, 0.6) is 0 Å². The summed E-state index contributed by atoms with van der Waals surface area (Å²) in [6.07, 6.45) is 3.17. The molecule has 1 unspecified atom stereocenters. The Balaban J connectivity index is 1.46. The first-order chi connectivity index (χ1) is 17.7. The normalized spacial score (nSPS) is 18.1. The number of carbonyl (C=O) groups is 2. The van der Waals surface area contributed by atoms with E-state index in [1.165, 1.54) is 0 Å². The monoisotopic (exact) mass is 501 g/mol. The number of aromatic nitrogens is 2. The highest BCUT2D eigenvalue weighted by Gasteiger charge is 2.55. The predicted octanol–water partition coefficient (Wildman–Crippen LogP) is 2.39. The number of hydrogen-bond donors (Lipinski definition) is 2. The molecule has 0 bridgehead atoms. The van der Waals surface area contributed by atoms with Crippen molar-refractivity contribution < 1.29 is 14.3 Å². The summed E-state index contributed by atoms with van der Waals surface area (Å²) in [6, 6.07) is 12.3. The van der Waals surface area contributed by atoms with Crippen LogP contribution in [0.3, 0.4) is 0 Å². The minimum atomic E-state index is -0.664. The molecule has 1 saturated carbocycles. The molecule has 2 aliphatic rings. The Morgan fingerprint density at radius 3 is 2.57 bits per heavy atom. The van der Waals surface area contributed by atoms with Crippen LogP contribution < -0.4 is 11.3 Å². The van der Waals surface area contributed by atoms with Gasteiger partial charge in [0.15, 0.2) is 0 Å². The number of amidine groups is 1. The van der Waals surface area contributed by atoms with Gasteiger partial charge in [0.1, 0.15) is 17.6 Å². The maximum Gasteiger partial charge on any atom is 0.328 e. The Hall–Kier alpha value is -4.01. The number of amides is 1. The number of likely N-dealkylation sites (tertiary alicyclic amines) is 1. The fourth-order valence-electron chi connectivity index (χ4n) is 5.32. The Labute approximate surface area is 214 Å². The van der Waals surface area contributed by atoms with Crippen molar-refractivity contribution in [2.45, 2.75) is 50.5 Å². The van der Waals surface area contributed by atoms with Crippen LogP contribution in [0.25, 0.3) is 11.0 Å². The predicted molar refractivity (Wildman–Crippen MR) is 140 cm³/mol. The standard InChI is InChI=1S/C28H31N5O4/c1-3-37-26(35)23-5-4-14-33(23)27(36)28(12-13-28)19-10-11-22-20(16-19)31-21(25(34)32(22)2)15-17-6-8-18(9-7-17)24(29)30/h6-11,16,23H,3-5,12-15H2,1-2H3,(H3,29,30). The number of aryl methyl sites for hydroxylation is 1. The van der Waals surface area contributed by atoms with Crippen LogP contribution in [0.4, 0.5) is 0 Å². The molecular formula is C28H31N5O4. The molecule has 1 atom stereocenters. The molecule has 37 heavy (non-hydrogen) atoms. The van der Waals surface area contributed by atoms with Crippen molar-refractivity contribution in [1.82, 2.24) is 14.5 Å². The van der Waals surface area contributed by atoms with Gasteiger partial charge in [0.25, 0.3) is 5.56 Å². The quantitative estimate of drug-likeness (QED) is 0.290. The minimum Gasteiger partial charge on any atom is -0.464 e. The van der Waals surface area contributed by atoms with Crippen LogP contribution in [-0.2, 0) is 33.2 Å². The Morgan fingerprint density at radius 1 is 1.19 bits per heavy atom. The zero-order valence-electron chi connectivity index (χ0n) is 21.1. The van der Waals surface area contributed by atoms with Gasteiger partial charge in [0.05, 0.1) is 23.1 Å². The van der Waals surface area contributed by atoms with E-state index in [4.69, 9.17) is 20.9 Å². The highest BCUT2D eigenvalue weighted by Crippen LogP contribution is 2.51. The van der Waals surface area contributed by atoms with Crippen molar-refractivity contribution in [1.29, 1.82) is 5.41 Å². The van der Waals surface area contributed by atoms with E-state index in [2.05, 4.69) is 0 Å². The van der Waals surface area contributed by atoms with Crippen LogP contribution >= 0.6 is 0 Å². The van der Waals surface area contributed by atoms with Gasteiger partial charge >= 0.3 is 5.97 Å². The molecule has 1 amide bonds. The van der Waals surface area contributed by atoms with Crippen LogP contribution in [0.1, 0.15) is 55.0 Å². The number of nitrogens with two attached hydrogens (primary N) is 1. The van der Waals surface area contributed by atoms with E-state index >= 15 is 0 Å². The number of nitrogen functional groups attached to an aromatic ring is 1. The Bertz CT molecular complexity index is 1460. The van der Waals surface area contributed by atoms with Crippen LogP contribution in [-0.4, -0.2) is 51.4 Å². The SMILES string of the molecule is CCOC(=O)C1CCCN1C(=O)C1(c2ccc3c(c2)nc(Cc2ccc(C(=N)N)cc2)c(=O)n3C)CC1. The lowest BCUT2D eigenvalue weighted by molar-refractivity contribution is -0.153. The lowest BCUT2D eigenvalue weighted by atomic mass is 9.93. The summed E-state index contributed by atoms with van der Waals surface area (Å²) in [5, 5.41) is 7.55. The number of rotatable bonds is 7. The Morgan fingerprint density at radius 2 is 1.92 bits per heavy atom. The van der Waals surface area contributed by atoms with Crippen molar-refractivity contribution in [2.24, 2.45) is 12.8 Å². The molecule has 1 aromatic heterocycles. The molecule has 1 aliphatic heterocycles. The van der Waals surface area contributed by atoms with Crippen molar-refractivity contribution >= 4 is 28.7 Å². The third-order valence-electron chi connectivity index (χ3n) is 7.56. The number of nitrogens with one attached hydrogen (secondary N) is 1. The summed E-state index contributed by atoms with van der Waals surface area (Å²) in [5.74, 6) is -0.372. The van der Waals surface area contributed by atoms with E-state index in [9.17, 15) is 14.4 Å². The number of carbonyl (C=O) groups excluding carboxylic acids is 2. The maximum atomic E-state index is 13.7. The zero-order valence-corrected chi connectivity index (χ0v) is 21.1. The Kier molecular flexibility index (Phi) is 6.31. The number of benzene rings is 2. The fourth-order valence-corrected chi connectivity index (χ4v) is 5.32. The minimum absolute atomic E-state index is 0.00937. The second-order valence-electron chi connectivity index (χ2n) is 9.90. The summed E-state index contributed by atoms with van der Waals surface area (Å²) >= 11 is 0. The summed E-state index contributed by atoms with van der Waals surface area (Å²) in [5.41, 5.74) is 8.82. The van der Waals surface area contributed by atoms with E-state index in [0.717, 1.165) is 17.5 Å². The van der Waals surface area contributed by atoms with Crippen LogP contribution in [0, 0.1) is 5.41 Å². The van der Waals surface area contributed by atoms with Gasteiger partial charge in [-0.2, -0.15) is 0 Å². The van der Waals surface area contributed by atoms with Crippen molar-refractivity contribution in [3.05, 3.63) is 75.2 Å². The molecule has 192 valence electrons. The highest BCUT2D eigenvalue weighted by atomic mass is 16.5. The summed E-state index contributed by atoms with van der Waals surface area (Å²) in [4.78, 5) is 45.6. The van der Waals surface area contributed by atoms with Crippen LogP contribution in [0.2, 0.25) is 0 Å². The van der Waals surface area contributed by atoms with E-state index in [-0.39, 0.29) is 23.3 Å². The van der Waals surface area contributed by atoms with Crippen molar-refractivity contribution in [3.63, 3.8) is 0 Å². The average Bonchev–Trinajstić information content (AvgIpc) is 3.55. The van der Waals surface area contributed by atoms with Gasteiger partial charge in [0, 0.05) is 25.6 Å². The molecule has 2 fully saturated rings. The highest BCUT2D eigenvalue weighted by molar-refractivity contribution is 5.96. The fraction of sp³-hybridized carbons (Fsp3) is 0.393. The zero-order chi connectivity index (χ0) is 26.3. The van der Waals surface area contributed by atoms with E-state index in [1.807, 2.05) is 30.3 Å². The van der Waals surface area contributed by atoms with Crippen molar-refractivity contribution in [3.8, 4) is 0 Å². The first kappa shape index (κ1) is 24.7. The van der Waals surface area contributed by atoms with Gasteiger partial charge in [-0.05, 0) is 55.9 Å². The molecule has 1 aliphatic carbocycles. The van der Waals surface area contributed by atoms with E-state index in [1.54, 1.807) is 35.6 Å². The molecule has 0 radical (unpaired) electrons. The number of fused-ring (bicyclic) bond motifs is 1. The molecule has 2 aromatic carbocycles. The van der Waals surface area contributed by atoms with E-state index in [0.29, 0.717) is 61.1 Å². The van der Waals surface area contributed by atoms with Gasteiger partial charge in [-0.3, -0.25) is 15.0 Å². The molecule has 1 saturated heterocycles. The molecule has 9 heteroatoms. The van der Waals surface area contributed by atoms with E-state index < -0.39 is 11.5 Å². The van der Waals surface area contributed by atoms with Gasteiger partial charge in [-0.15, -0.1) is 0 Å². The second-order valence-corrected chi connectivity index (χ2v) is 9.90. The summed E-state index contributed by atoms with van der Waals surface area (Å²) in [7, 11) is 1.72. The molecule has 0 spiro atoms. The third kappa shape index (κ3) is 4.39. The first-order valence-corrected chi connectivity index (χ1v) is 12.7. The number of hydrogen-bond acceptors (Lipinski definition) is 6. The molecular weight excluding hydrogens is 470 g/mol. The number of esters is 1. The molecule has 3 N–H and O–H groups in total. The second kappa shape index (κ2) is 9.46. The smallest absolute Gasteiger partial charge is 0.328 e. The average molecular weight is 502 g/mol. The summed E-state index contributed by atoms with van der Waals surface area (Å²) < 4.78 is 6.80. The number of ether oxygens (including phenoxy) is 1. The number of nitrogens with zero attached hydrogens (tertiary/aromatic N) is 3. The molecule has 2 heterocycles.